The second-order valence-electron chi connectivity index (χ2n) is 2.92. The van der Waals surface area contributed by atoms with Crippen LogP contribution in [-0.4, -0.2) is 20.5 Å². The lowest BCUT2D eigenvalue weighted by atomic mass is 10.1. The van der Waals surface area contributed by atoms with Crippen molar-refractivity contribution in [2.45, 2.75) is 0 Å². The lowest BCUT2D eigenvalue weighted by molar-refractivity contribution is 0.112. The van der Waals surface area contributed by atoms with Crippen molar-refractivity contribution in [1.29, 1.82) is 5.26 Å². The lowest BCUT2D eigenvalue weighted by Crippen LogP contribution is -1.94. The van der Waals surface area contributed by atoms with E-state index in [1.165, 1.54) is 20.3 Å². The van der Waals surface area contributed by atoms with Crippen LogP contribution in [0.1, 0.15) is 15.9 Å². The Hall–Kier alpha value is -2.28. The zero-order valence-corrected chi connectivity index (χ0v) is 9.06. The van der Waals surface area contributed by atoms with Gasteiger partial charge in [0, 0.05) is 11.6 Å². The second kappa shape index (κ2) is 5.56. The van der Waals surface area contributed by atoms with Gasteiger partial charge in [0.15, 0.2) is 17.8 Å². The van der Waals surface area contributed by atoms with E-state index in [1.807, 2.05) is 6.07 Å². The predicted molar refractivity (Wildman–Crippen MR) is 59.6 cm³/mol. The Morgan fingerprint density at radius 1 is 1.19 bits per heavy atom. The van der Waals surface area contributed by atoms with E-state index >= 15 is 0 Å². The lowest BCUT2D eigenvalue weighted by Gasteiger charge is -2.09. The van der Waals surface area contributed by atoms with E-state index < -0.39 is 0 Å². The molecule has 0 saturated carbocycles. The molecule has 0 aliphatic rings. The monoisotopic (exact) mass is 217 g/mol. The van der Waals surface area contributed by atoms with Gasteiger partial charge in [0.05, 0.1) is 20.3 Å². The second-order valence-corrected chi connectivity index (χ2v) is 2.92. The minimum Gasteiger partial charge on any atom is -0.493 e. The van der Waals surface area contributed by atoms with Gasteiger partial charge in [0.2, 0.25) is 0 Å². The van der Waals surface area contributed by atoms with Crippen molar-refractivity contribution in [2.24, 2.45) is 0 Å². The van der Waals surface area contributed by atoms with Crippen molar-refractivity contribution in [1.82, 2.24) is 0 Å². The van der Waals surface area contributed by atoms with Crippen molar-refractivity contribution < 1.29 is 14.3 Å². The number of ether oxygens (including phenoxy) is 2. The summed E-state index contributed by atoms with van der Waals surface area (Å²) in [6.07, 6.45) is 3.55. The van der Waals surface area contributed by atoms with Crippen LogP contribution in [0.3, 0.4) is 0 Å². The topological polar surface area (TPSA) is 59.3 Å². The molecule has 0 aromatic heterocycles. The predicted octanol–water partition coefficient (Wildman–Crippen LogP) is 2.05. The number of hydrogen-bond donors (Lipinski definition) is 0. The maximum Gasteiger partial charge on any atom is 0.161 e. The molecular formula is C12H11NO3. The van der Waals surface area contributed by atoms with E-state index in [0.29, 0.717) is 28.9 Å². The highest BCUT2D eigenvalue weighted by molar-refractivity contribution is 5.84. The number of methoxy groups -OCH3 is 2. The number of carbonyl (C=O) groups is 1. The third kappa shape index (κ3) is 2.39. The summed E-state index contributed by atoms with van der Waals surface area (Å²) >= 11 is 0. The molecule has 0 spiro atoms. The van der Waals surface area contributed by atoms with Crippen LogP contribution in [0, 0.1) is 11.3 Å². The normalized spacial score (nSPS) is 9.81. The first kappa shape index (κ1) is 11.8. The number of hydrogen-bond acceptors (Lipinski definition) is 4. The third-order valence-electron chi connectivity index (χ3n) is 2.05. The van der Waals surface area contributed by atoms with Gasteiger partial charge in [-0.25, -0.2) is 0 Å². The van der Waals surface area contributed by atoms with Gasteiger partial charge in [0.1, 0.15) is 0 Å². The molecule has 0 atom stereocenters. The molecule has 0 bridgehead atoms. The summed E-state index contributed by atoms with van der Waals surface area (Å²) in [7, 11) is 3.01. The van der Waals surface area contributed by atoms with E-state index in [0.717, 1.165) is 0 Å². The van der Waals surface area contributed by atoms with Crippen LogP contribution < -0.4 is 9.47 Å². The van der Waals surface area contributed by atoms with E-state index in [1.54, 1.807) is 18.2 Å². The average Bonchev–Trinajstić information content (AvgIpc) is 2.35. The Bertz CT molecular complexity index is 458. The van der Waals surface area contributed by atoms with Crippen LogP contribution >= 0.6 is 0 Å². The number of nitriles is 1. The van der Waals surface area contributed by atoms with Crippen molar-refractivity contribution >= 4 is 12.4 Å². The number of rotatable bonds is 4. The molecule has 0 N–H and O–H groups in total. The summed E-state index contributed by atoms with van der Waals surface area (Å²) in [5.41, 5.74) is 1.07. The molecule has 0 aliphatic carbocycles. The van der Waals surface area contributed by atoms with Gasteiger partial charge in [-0.05, 0) is 23.8 Å². The molecule has 0 unspecified atom stereocenters. The highest BCUT2D eigenvalue weighted by atomic mass is 16.5. The molecule has 82 valence electrons. The van der Waals surface area contributed by atoms with Crippen LogP contribution in [0.5, 0.6) is 11.5 Å². The Morgan fingerprint density at radius 2 is 1.75 bits per heavy atom. The summed E-state index contributed by atoms with van der Waals surface area (Å²) in [5, 5.41) is 8.44. The zero-order chi connectivity index (χ0) is 12.0. The smallest absolute Gasteiger partial charge is 0.161 e. The van der Waals surface area contributed by atoms with Gasteiger partial charge in [-0.2, -0.15) is 5.26 Å². The van der Waals surface area contributed by atoms with Crippen LogP contribution in [0.4, 0.5) is 0 Å². The number of carbonyl (C=O) groups excluding carboxylic acids is 1. The fourth-order valence-electron chi connectivity index (χ4n) is 1.28. The Morgan fingerprint density at radius 3 is 2.19 bits per heavy atom. The molecule has 4 heteroatoms. The summed E-state index contributed by atoms with van der Waals surface area (Å²) in [4.78, 5) is 10.8. The number of nitrogens with zero attached hydrogens (tertiary/aromatic N) is 1. The van der Waals surface area contributed by atoms with Crippen molar-refractivity contribution in [3.8, 4) is 17.6 Å². The molecule has 4 nitrogen and oxygen atoms in total. The molecule has 1 aromatic carbocycles. The highest BCUT2D eigenvalue weighted by Gasteiger charge is 2.08. The first-order valence-corrected chi connectivity index (χ1v) is 4.54. The van der Waals surface area contributed by atoms with E-state index in [9.17, 15) is 4.79 Å². The van der Waals surface area contributed by atoms with Crippen LogP contribution in [0.2, 0.25) is 0 Å². The molecule has 1 rings (SSSR count). The Labute approximate surface area is 93.7 Å². The van der Waals surface area contributed by atoms with Crippen molar-refractivity contribution in [3.05, 3.63) is 29.3 Å². The average molecular weight is 217 g/mol. The largest absolute Gasteiger partial charge is 0.493 e. The van der Waals surface area contributed by atoms with Gasteiger partial charge >= 0.3 is 0 Å². The van der Waals surface area contributed by atoms with Gasteiger partial charge in [0.25, 0.3) is 0 Å². The van der Waals surface area contributed by atoms with Crippen molar-refractivity contribution in [3.63, 3.8) is 0 Å². The SMILES string of the molecule is COc1cc(C=O)c(C=CC#N)cc1OC. The standard InChI is InChI=1S/C12H11NO3/c1-15-11-6-9(4-3-5-13)10(8-14)7-12(11)16-2/h3-4,6-8H,1-2H3. The van der Waals surface area contributed by atoms with E-state index in [2.05, 4.69) is 0 Å². The molecule has 1 aromatic rings. The summed E-state index contributed by atoms with van der Waals surface area (Å²) in [6.45, 7) is 0. The fourth-order valence-corrected chi connectivity index (χ4v) is 1.28. The Kier molecular flexibility index (Phi) is 4.10. The van der Waals surface area contributed by atoms with Crippen LogP contribution in [0.15, 0.2) is 18.2 Å². The molecule has 0 aliphatic heterocycles. The van der Waals surface area contributed by atoms with E-state index in [4.69, 9.17) is 14.7 Å². The molecule has 16 heavy (non-hydrogen) atoms. The third-order valence-corrected chi connectivity index (χ3v) is 2.05. The van der Waals surface area contributed by atoms with Crippen molar-refractivity contribution in [2.75, 3.05) is 14.2 Å². The first-order valence-electron chi connectivity index (χ1n) is 4.54. The molecule has 0 fully saturated rings. The van der Waals surface area contributed by atoms with Gasteiger partial charge < -0.3 is 9.47 Å². The highest BCUT2D eigenvalue weighted by Crippen LogP contribution is 2.30. The molecule has 0 heterocycles. The minimum atomic E-state index is 0.448. The number of aldehydes is 1. The van der Waals surface area contributed by atoms with Crippen LogP contribution in [-0.2, 0) is 0 Å². The zero-order valence-electron chi connectivity index (χ0n) is 9.06. The number of allylic oxidation sites excluding steroid dienone is 1. The molecular weight excluding hydrogens is 206 g/mol. The van der Waals surface area contributed by atoms with Gasteiger partial charge in [-0.3, -0.25) is 4.79 Å². The number of benzene rings is 1. The maximum atomic E-state index is 10.8. The molecule has 0 amide bonds. The summed E-state index contributed by atoms with van der Waals surface area (Å²) in [5.74, 6) is 1.00. The summed E-state index contributed by atoms with van der Waals surface area (Å²) in [6, 6.07) is 5.09. The quantitative estimate of drug-likeness (QED) is 0.572. The molecule has 0 saturated heterocycles. The van der Waals surface area contributed by atoms with Gasteiger partial charge in [-0.1, -0.05) is 0 Å². The first-order chi connectivity index (χ1) is 7.76. The summed E-state index contributed by atoms with van der Waals surface area (Å²) < 4.78 is 10.2. The molecule has 0 radical (unpaired) electrons. The fraction of sp³-hybridized carbons (Fsp3) is 0.167. The minimum absolute atomic E-state index is 0.448. The Balaban J connectivity index is 3.32. The maximum absolute atomic E-state index is 10.8. The van der Waals surface area contributed by atoms with Gasteiger partial charge in [-0.15, -0.1) is 0 Å². The van der Waals surface area contributed by atoms with E-state index in [-0.39, 0.29) is 0 Å². The van der Waals surface area contributed by atoms with Crippen LogP contribution in [0.25, 0.3) is 6.08 Å².